The molecule has 1 aliphatic heterocycles. The zero-order valence-corrected chi connectivity index (χ0v) is 27.9. The molecule has 0 radical (unpaired) electrons. The third-order valence-electron chi connectivity index (χ3n) is 9.75. The Bertz CT molecular complexity index is 2090. The molecule has 0 bridgehead atoms. The molecule has 5 heteroatoms. The Labute approximate surface area is 281 Å². The van der Waals surface area contributed by atoms with Gasteiger partial charge in [-0.15, -0.1) is 11.3 Å². The maximum Gasteiger partial charge on any atom is 0.496 e. The number of thiophene rings is 1. The van der Waals surface area contributed by atoms with Crippen LogP contribution >= 0.6 is 11.3 Å². The van der Waals surface area contributed by atoms with E-state index in [2.05, 4.69) is 178 Å². The van der Waals surface area contributed by atoms with E-state index in [1.807, 2.05) is 11.3 Å². The van der Waals surface area contributed by atoms with Gasteiger partial charge < -0.3 is 14.2 Å². The lowest BCUT2D eigenvalue weighted by Crippen LogP contribution is -2.41. The van der Waals surface area contributed by atoms with Crippen molar-refractivity contribution in [2.24, 2.45) is 0 Å². The molecule has 0 spiro atoms. The monoisotopic (exact) mass is 629 g/mol. The second-order valence-corrected chi connectivity index (χ2v) is 14.2. The lowest BCUT2D eigenvalue weighted by atomic mass is 9.78. The van der Waals surface area contributed by atoms with Gasteiger partial charge in [-0.05, 0) is 80.3 Å². The SMILES string of the molecule is CC1(C)OB(c2cccc3c2sc2c(N(c4ccc(-c5ccccc5)cc4)c4ccc(-c5ccccc5)cc4)cccc23)OC1(C)C. The molecular formula is C42H36BNO2S. The quantitative estimate of drug-likeness (QED) is 0.171. The van der Waals surface area contributed by atoms with Crippen LogP contribution in [-0.2, 0) is 9.31 Å². The fourth-order valence-corrected chi connectivity index (χ4v) is 7.78. The average molecular weight is 630 g/mol. The summed E-state index contributed by atoms with van der Waals surface area (Å²) >= 11 is 1.82. The Morgan fingerprint density at radius 2 is 0.915 bits per heavy atom. The third kappa shape index (κ3) is 5.25. The van der Waals surface area contributed by atoms with Crippen molar-refractivity contribution in [2.75, 3.05) is 4.90 Å². The molecule has 0 amide bonds. The van der Waals surface area contributed by atoms with Gasteiger partial charge in [0.15, 0.2) is 0 Å². The highest BCUT2D eigenvalue weighted by Crippen LogP contribution is 2.46. The second-order valence-electron chi connectivity index (χ2n) is 13.2. The Hall–Kier alpha value is -4.68. The summed E-state index contributed by atoms with van der Waals surface area (Å²) in [5, 5.41) is 2.45. The normalized spacial score (nSPS) is 15.4. The van der Waals surface area contributed by atoms with E-state index in [1.54, 1.807) is 0 Å². The average Bonchev–Trinajstić information content (AvgIpc) is 3.59. The number of anilines is 3. The largest absolute Gasteiger partial charge is 0.496 e. The molecule has 0 N–H and O–H groups in total. The highest BCUT2D eigenvalue weighted by molar-refractivity contribution is 7.27. The van der Waals surface area contributed by atoms with E-state index in [4.69, 9.17) is 9.31 Å². The van der Waals surface area contributed by atoms with Crippen LogP contribution in [0.15, 0.2) is 146 Å². The van der Waals surface area contributed by atoms with Gasteiger partial charge in [0.2, 0.25) is 0 Å². The zero-order chi connectivity index (χ0) is 32.2. The lowest BCUT2D eigenvalue weighted by Gasteiger charge is -2.32. The highest BCUT2D eigenvalue weighted by Gasteiger charge is 2.52. The van der Waals surface area contributed by atoms with Crippen molar-refractivity contribution in [3.05, 3.63) is 146 Å². The first kappa shape index (κ1) is 29.7. The van der Waals surface area contributed by atoms with Crippen LogP contribution in [-0.4, -0.2) is 18.3 Å². The molecule has 1 aromatic heterocycles. The van der Waals surface area contributed by atoms with Crippen molar-refractivity contribution >= 4 is 61.2 Å². The van der Waals surface area contributed by atoms with Gasteiger partial charge >= 0.3 is 7.12 Å². The Balaban J connectivity index is 1.28. The molecule has 1 aliphatic rings. The summed E-state index contributed by atoms with van der Waals surface area (Å²) in [6, 6.07) is 52.1. The molecule has 0 saturated carbocycles. The number of benzene rings is 6. The summed E-state index contributed by atoms with van der Waals surface area (Å²) in [6.45, 7) is 8.45. The van der Waals surface area contributed by atoms with E-state index in [0.29, 0.717) is 0 Å². The van der Waals surface area contributed by atoms with Crippen LogP contribution in [0.1, 0.15) is 27.7 Å². The van der Waals surface area contributed by atoms with Gasteiger partial charge in [0.1, 0.15) is 0 Å². The Kier molecular flexibility index (Phi) is 7.29. The van der Waals surface area contributed by atoms with Gasteiger partial charge in [0.25, 0.3) is 0 Å². The molecule has 8 rings (SSSR count). The molecule has 230 valence electrons. The van der Waals surface area contributed by atoms with Gasteiger partial charge in [-0.3, -0.25) is 0 Å². The number of fused-ring (bicyclic) bond motifs is 3. The number of hydrogen-bond donors (Lipinski definition) is 0. The first-order valence-corrected chi connectivity index (χ1v) is 17.0. The van der Waals surface area contributed by atoms with Crippen molar-refractivity contribution in [3.63, 3.8) is 0 Å². The molecule has 1 saturated heterocycles. The van der Waals surface area contributed by atoms with E-state index in [0.717, 1.165) is 22.5 Å². The van der Waals surface area contributed by atoms with Crippen LogP contribution in [0, 0.1) is 0 Å². The van der Waals surface area contributed by atoms with Gasteiger partial charge in [-0.1, -0.05) is 115 Å². The maximum atomic E-state index is 6.54. The molecule has 1 fully saturated rings. The van der Waals surface area contributed by atoms with Crippen molar-refractivity contribution in [1.82, 2.24) is 0 Å². The standard InChI is InChI=1S/C42H36BNO2S/c1-41(2)42(3,4)46-43(45-41)37-19-11-17-35-36-18-12-20-38(40(36)47-39(35)37)44(33-25-21-31(22-26-33)29-13-7-5-8-14-29)34-27-23-32(24-28-34)30-15-9-6-10-16-30/h5-28H,1-4H3. The van der Waals surface area contributed by atoms with Crippen LogP contribution in [0.3, 0.4) is 0 Å². The molecule has 47 heavy (non-hydrogen) atoms. The van der Waals surface area contributed by atoms with Gasteiger partial charge in [-0.25, -0.2) is 0 Å². The Morgan fingerprint density at radius 3 is 1.43 bits per heavy atom. The van der Waals surface area contributed by atoms with E-state index in [1.165, 1.54) is 42.4 Å². The Morgan fingerprint density at radius 1 is 0.468 bits per heavy atom. The number of hydrogen-bond acceptors (Lipinski definition) is 4. The summed E-state index contributed by atoms with van der Waals surface area (Å²) < 4.78 is 15.5. The maximum absolute atomic E-state index is 6.54. The first-order chi connectivity index (χ1) is 22.8. The number of rotatable bonds is 6. The third-order valence-corrected chi connectivity index (χ3v) is 11.0. The fourth-order valence-electron chi connectivity index (χ4n) is 6.45. The predicted octanol–water partition coefficient (Wildman–Crippen LogP) is 11.2. The molecule has 0 aliphatic carbocycles. The molecule has 6 aromatic carbocycles. The minimum Gasteiger partial charge on any atom is -0.399 e. The molecule has 0 unspecified atom stereocenters. The van der Waals surface area contributed by atoms with E-state index < -0.39 is 18.3 Å². The van der Waals surface area contributed by atoms with E-state index >= 15 is 0 Å². The van der Waals surface area contributed by atoms with Gasteiger partial charge in [-0.2, -0.15) is 0 Å². The first-order valence-electron chi connectivity index (χ1n) is 16.2. The summed E-state index contributed by atoms with van der Waals surface area (Å²) in [6.07, 6.45) is 0. The minimum absolute atomic E-state index is 0.406. The molecule has 7 aromatic rings. The molecule has 0 atom stereocenters. The van der Waals surface area contributed by atoms with Crippen LogP contribution in [0.2, 0.25) is 0 Å². The van der Waals surface area contributed by atoms with Crippen molar-refractivity contribution in [2.45, 2.75) is 38.9 Å². The van der Waals surface area contributed by atoms with Crippen LogP contribution < -0.4 is 10.4 Å². The second kappa shape index (κ2) is 11.5. The smallest absolute Gasteiger partial charge is 0.399 e. The van der Waals surface area contributed by atoms with Crippen molar-refractivity contribution in [3.8, 4) is 22.3 Å². The molecule has 3 nitrogen and oxygen atoms in total. The summed E-state index contributed by atoms with van der Waals surface area (Å²) in [7, 11) is -0.424. The highest BCUT2D eigenvalue weighted by atomic mass is 32.1. The fraction of sp³-hybridized carbons (Fsp3) is 0.143. The summed E-state index contributed by atoms with van der Waals surface area (Å²) in [4.78, 5) is 2.38. The van der Waals surface area contributed by atoms with Gasteiger partial charge in [0, 0.05) is 32.3 Å². The van der Waals surface area contributed by atoms with Gasteiger partial charge in [0.05, 0.1) is 21.6 Å². The predicted molar refractivity (Wildman–Crippen MR) is 201 cm³/mol. The van der Waals surface area contributed by atoms with E-state index in [-0.39, 0.29) is 0 Å². The lowest BCUT2D eigenvalue weighted by molar-refractivity contribution is 0.00578. The van der Waals surface area contributed by atoms with Crippen LogP contribution in [0.25, 0.3) is 42.4 Å². The minimum atomic E-state index is -0.424. The molecule has 2 heterocycles. The van der Waals surface area contributed by atoms with E-state index in [9.17, 15) is 0 Å². The summed E-state index contributed by atoms with van der Waals surface area (Å²) in [5.41, 5.74) is 8.43. The van der Waals surface area contributed by atoms with Crippen molar-refractivity contribution in [1.29, 1.82) is 0 Å². The van der Waals surface area contributed by atoms with Crippen molar-refractivity contribution < 1.29 is 9.31 Å². The molecular weight excluding hydrogens is 593 g/mol. The van der Waals surface area contributed by atoms with Crippen LogP contribution in [0.4, 0.5) is 17.1 Å². The number of nitrogens with zero attached hydrogens (tertiary/aromatic N) is 1. The zero-order valence-electron chi connectivity index (χ0n) is 27.1. The van der Waals surface area contributed by atoms with Crippen LogP contribution in [0.5, 0.6) is 0 Å². The topological polar surface area (TPSA) is 21.7 Å². The summed E-state index contributed by atoms with van der Waals surface area (Å²) in [5.74, 6) is 0.